The lowest BCUT2D eigenvalue weighted by atomic mass is 9.43. The number of halogens is 2. The van der Waals surface area contributed by atoms with Gasteiger partial charge in [0.05, 0.1) is 6.10 Å². The Morgan fingerprint density at radius 3 is 2.47 bits per heavy atom. The molecule has 2 saturated heterocycles. The molecule has 5 fully saturated rings. The van der Waals surface area contributed by atoms with Crippen LogP contribution in [0.5, 0.6) is 0 Å². The summed E-state index contributed by atoms with van der Waals surface area (Å²) in [5, 5.41) is 11.5. The third kappa shape index (κ3) is 2.59. The molecular formula is C26H38F2O6. The summed E-state index contributed by atoms with van der Waals surface area (Å²) in [6.07, 6.45) is -0.313. The summed E-state index contributed by atoms with van der Waals surface area (Å²) >= 11 is 0. The van der Waals surface area contributed by atoms with E-state index in [0.717, 1.165) is 0 Å². The average molecular weight is 485 g/mol. The van der Waals surface area contributed by atoms with Gasteiger partial charge in [0, 0.05) is 23.2 Å². The molecule has 10 atom stereocenters. The van der Waals surface area contributed by atoms with Gasteiger partial charge in [-0.15, -0.1) is 0 Å². The second-order valence-electron chi connectivity index (χ2n) is 11.4. The van der Waals surface area contributed by atoms with Gasteiger partial charge in [0.15, 0.2) is 19.4 Å². The van der Waals surface area contributed by atoms with Crippen LogP contribution >= 0.6 is 0 Å². The van der Waals surface area contributed by atoms with Crippen molar-refractivity contribution in [2.45, 2.75) is 96.1 Å². The van der Waals surface area contributed by atoms with Crippen molar-refractivity contribution in [2.24, 2.45) is 28.6 Å². The molecule has 8 heteroatoms. The highest BCUT2D eigenvalue weighted by Gasteiger charge is 2.82. The zero-order valence-electron chi connectivity index (χ0n) is 20.9. The summed E-state index contributed by atoms with van der Waals surface area (Å²) in [7, 11) is 0. The van der Waals surface area contributed by atoms with E-state index in [2.05, 4.69) is 6.92 Å². The number of allylic oxidation sites excluding steroid dienone is 1. The van der Waals surface area contributed by atoms with Gasteiger partial charge >= 0.3 is 0 Å². The summed E-state index contributed by atoms with van der Waals surface area (Å²) in [5.41, 5.74) is -4.62. The Labute approximate surface area is 200 Å². The van der Waals surface area contributed by atoms with Crippen LogP contribution in [0.4, 0.5) is 8.78 Å². The van der Waals surface area contributed by atoms with E-state index in [-0.39, 0.29) is 69.1 Å². The summed E-state index contributed by atoms with van der Waals surface area (Å²) < 4.78 is 56.8. The van der Waals surface area contributed by atoms with Crippen molar-refractivity contribution in [1.82, 2.24) is 0 Å². The highest BCUT2D eigenvalue weighted by Crippen LogP contribution is 2.74. The number of fused-ring (bicyclic) bond motifs is 7. The Hall–Kier alpha value is -0.930. The predicted octanol–water partition coefficient (Wildman–Crippen LogP) is 4.25. The van der Waals surface area contributed by atoms with Gasteiger partial charge in [-0.05, 0) is 49.2 Å². The topological polar surface area (TPSA) is 74.2 Å². The van der Waals surface area contributed by atoms with Gasteiger partial charge in [-0.1, -0.05) is 34.6 Å². The summed E-state index contributed by atoms with van der Waals surface area (Å²) in [6.45, 7) is 10.1. The van der Waals surface area contributed by atoms with E-state index >= 15 is 8.78 Å². The molecule has 0 bridgehead atoms. The zero-order valence-corrected chi connectivity index (χ0v) is 20.9. The number of ketones is 1. The fraction of sp³-hybridized carbons (Fsp3) is 0.885. The monoisotopic (exact) mass is 484 g/mol. The minimum absolute atomic E-state index is 0.0377. The molecule has 0 aromatic heterocycles. The number of hydrogen-bond donors (Lipinski definition) is 1. The maximum Gasteiger partial charge on any atom is 0.227 e. The van der Waals surface area contributed by atoms with Gasteiger partial charge < -0.3 is 24.1 Å². The van der Waals surface area contributed by atoms with Crippen LogP contribution in [0.25, 0.3) is 0 Å². The van der Waals surface area contributed by atoms with E-state index in [0.29, 0.717) is 6.42 Å². The van der Waals surface area contributed by atoms with Crippen LogP contribution in [0.2, 0.25) is 0 Å². The van der Waals surface area contributed by atoms with Crippen molar-refractivity contribution in [3.8, 4) is 0 Å². The average Bonchev–Trinajstić information content (AvgIpc) is 3.49. The molecule has 6 nitrogen and oxygen atoms in total. The predicted molar refractivity (Wildman–Crippen MR) is 119 cm³/mol. The lowest BCUT2D eigenvalue weighted by Gasteiger charge is -2.64. The number of carbonyl (C=O) groups is 1. The van der Waals surface area contributed by atoms with Gasteiger partial charge in [-0.25, -0.2) is 8.78 Å². The molecule has 0 aromatic carbocycles. The Kier molecular flexibility index (Phi) is 5.67. The van der Waals surface area contributed by atoms with Crippen LogP contribution in [0.3, 0.4) is 0 Å². The molecule has 1 N–H and O–H groups in total. The van der Waals surface area contributed by atoms with E-state index < -0.39 is 46.1 Å². The first-order valence-electron chi connectivity index (χ1n) is 12.8. The molecule has 0 amide bonds. The van der Waals surface area contributed by atoms with Crippen molar-refractivity contribution in [1.29, 1.82) is 0 Å². The molecular weight excluding hydrogens is 446 g/mol. The molecule has 192 valence electrons. The van der Waals surface area contributed by atoms with Crippen molar-refractivity contribution >= 4 is 5.78 Å². The largest absolute Gasteiger partial charge is 0.390 e. The summed E-state index contributed by atoms with van der Waals surface area (Å²) in [5.74, 6) is -2.27. The molecule has 0 aromatic rings. The van der Waals surface area contributed by atoms with Gasteiger partial charge in [-0.3, -0.25) is 4.79 Å². The smallest absolute Gasteiger partial charge is 0.227 e. The standard InChI is InChI=1S/C24H32F2O6.C2H6/c1-13-6-15-16-8-18(25)17-7-14(27)4-5-20(17,2)23(16,26)19(28)9-21(15,3)24(13)22(31-12-32-24)10-29-11-30-22;1-2/h7,13,15-16,18-19,28H,4-6,8-12H2,1-3H3;1-2H3/t13-,15-,16-,18-,19-,20-,21-,22?,23-,24+;/m0./s1. The maximum absolute atomic E-state index is 17.3. The number of carbonyl (C=O) groups excluding carboxylic acids is 1. The normalized spacial score (nSPS) is 55.9. The third-order valence-electron chi connectivity index (χ3n) is 10.4. The Morgan fingerprint density at radius 2 is 1.79 bits per heavy atom. The SMILES string of the molecule is CC.C[C@H]1C[C@H]2[C@@H]3C[C@H](F)C4=CC(=O)CC[C@]4(C)[C@@]3(F)[C@@H](O)C[C@]2(C)[C@]12OCOC21COCO1. The van der Waals surface area contributed by atoms with Crippen molar-refractivity contribution in [2.75, 3.05) is 20.2 Å². The third-order valence-corrected chi connectivity index (χ3v) is 10.4. The first kappa shape index (κ1) is 24.8. The molecule has 2 spiro atoms. The molecule has 2 heterocycles. The fourth-order valence-electron chi connectivity index (χ4n) is 9.09. The van der Waals surface area contributed by atoms with Crippen molar-refractivity contribution in [3.63, 3.8) is 0 Å². The van der Waals surface area contributed by atoms with Gasteiger partial charge in [-0.2, -0.15) is 0 Å². The fourth-order valence-corrected chi connectivity index (χ4v) is 9.09. The van der Waals surface area contributed by atoms with E-state index in [1.807, 2.05) is 20.8 Å². The minimum atomic E-state index is -2.02. The number of rotatable bonds is 0. The first-order chi connectivity index (χ1) is 16.1. The van der Waals surface area contributed by atoms with Crippen LogP contribution in [-0.4, -0.2) is 60.4 Å². The minimum Gasteiger partial charge on any atom is -0.390 e. The van der Waals surface area contributed by atoms with Gasteiger partial charge in [0.1, 0.15) is 24.0 Å². The summed E-state index contributed by atoms with van der Waals surface area (Å²) in [6, 6.07) is 0. The molecule has 4 aliphatic carbocycles. The molecule has 2 aliphatic heterocycles. The molecule has 34 heavy (non-hydrogen) atoms. The molecule has 1 unspecified atom stereocenters. The highest BCUT2D eigenvalue weighted by molar-refractivity contribution is 5.92. The lowest BCUT2D eigenvalue weighted by molar-refractivity contribution is -0.282. The molecule has 0 radical (unpaired) electrons. The van der Waals surface area contributed by atoms with Crippen LogP contribution < -0.4 is 0 Å². The van der Waals surface area contributed by atoms with Crippen LogP contribution in [0.15, 0.2) is 11.6 Å². The number of hydrogen-bond acceptors (Lipinski definition) is 6. The molecule has 6 rings (SSSR count). The quantitative estimate of drug-likeness (QED) is 0.554. The van der Waals surface area contributed by atoms with E-state index in [9.17, 15) is 9.90 Å². The Morgan fingerprint density at radius 1 is 1.09 bits per heavy atom. The number of aliphatic hydroxyl groups excluding tert-OH is 1. The van der Waals surface area contributed by atoms with Crippen molar-refractivity contribution < 1.29 is 37.6 Å². The van der Waals surface area contributed by atoms with Gasteiger partial charge in [0.25, 0.3) is 0 Å². The van der Waals surface area contributed by atoms with E-state index in [1.165, 1.54) is 6.08 Å². The lowest BCUT2D eigenvalue weighted by Crippen LogP contribution is -2.72. The van der Waals surface area contributed by atoms with E-state index in [4.69, 9.17) is 18.9 Å². The Bertz CT molecular complexity index is 883. The number of alkyl halides is 2. The number of ether oxygens (including phenoxy) is 4. The second-order valence-corrected chi connectivity index (χ2v) is 11.4. The van der Waals surface area contributed by atoms with E-state index in [1.54, 1.807) is 6.92 Å². The van der Waals surface area contributed by atoms with Crippen LogP contribution in [0.1, 0.15) is 66.7 Å². The molecule has 6 aliphatic rings. The Balaban J connectivity index is 0.00000117. The highest BCUT2D eigenvalue weighted by atomic mass is 19.1. The maximum atomic E-state index is 17.3. The van der Waals surface area contributed by atoms with Gasteiger partial charge in [0.2, 0.25) is 5.79 Å². The van der Waals surface area contributed by atoms with Crippen molar-refractivity contribution in [3.05, 3.63) is 11.6 Å². The van der Waals surface area contributed by atoms with Crippen LogP contribution in [-0.2, 0) is 23.7 Å². The first-order valence-corrected chi connectivity index (χ1v) is 12.8. The number of aliphatic hydroxyl groups is 1. The molecule has 3 saturated carbocycles. The summed E-state index contributed by atoms with van der Waals surface area (Å²) in [4.78, 5) is 12.1. The van der Waals surface area contributed by atoms with Crippen LogP contribution in [0, 0.1) is 28.6 Å². The second kappa shape index (κ2) is 7.78. The zero-order chi connectivity index (χ0) is 24.7.